The molecule has 0 aliphatic heterocycles. The van der Waals surface area contributed by atoms with E-state index in [2.05, 4.69) is 0 Å². The molecule has 194 valence electrons. The maximum Gasteiger partial charge on any atom is 0.305 e. The Balaban J connectivity index is 4.78. The van der Waals surface area contributed by atoms with Crippen LogP contribution in [0.4, 0.5) is 0 Å². The first-order chi connectivity index (χ1) is 15.9. The van der Waals surface area contributed by atoms with Crippen molar-refractivity contribution in [2.75, 3.05) is 39.6 Å². The highest BCUT2D eigenvalue weighted by Crippen LogP contribution is 2.25. The second kappa shape index (κ2) is 20.9. The summed E-state index contributed by atoms with van der Waals surface area (Å²) in [6, 6.07) is 0. The predicted molar refractivity (Wildman–Crippen MR) is 122 cm³/mol. The maximum absolute atomic E-state index is 12.1. The van der Waals surface area contributed by atoms with Crippen molar-refractivity contribution in [2.24, 2.45) is 5.41 Å². The van der Waals surface area contributed by atoms with Gasteiger partial charge in [0.15, 0.2) is 0 Å². The van der Waals surface area contributed by atoms with Crippen LogP contribution in [0.15, 0.2) is 0 Å². The van der Waals surface area contributed by atoms with Crippen molar-refractivity contribution in [2.45, 2.75) is 90.4 Å². The van der Waals surface area contributed by atoms with Crippen molar-refractivity contribution in [3.8, 4) is 0 Å². The first kappa shape index (κ1) is 31.3. The van der Waals surface area contributed by atoms with E-state index in [9.17, 15) is 14.4 Å². The first-order valence-electron chi connectivity index (χ1n) is 12.2. The molecule has 9 heteroatoms. The van der Waals surface area contributed by atoms with Gasteiger partial charge in [-0.15, -0.1) is 0 Å². The standard InChI is InChI=1S/C24H44O9/c1-2-24(18-31-21(28)12-6-3-9-15-25,19-32-22(29)13-7-4-10-16-26)20-33-23(30)14-8-5-11-17-27/h25-27H,2-20H2,1H3. The smallest absolute Gasteiger partial charge is 0.305 e. The molecule has 33 heavy (non-hydrogen) atoms. The lowest BCUT2D eigenvalue weighted by Gasteiger charge is -2.31. The second-order valence-electron chi connectivity index (χ2n) is 8.44. The molecule has 0 fully saturated rings. The number of hydrogen-bond acceptors (Lipinski definition) is 9. The van der Waals surface area contributed by atoms with E-state index < -0.39 is 5.41 Å². The van der Waals surface area contributed by atoms with Gasteiger partial charge in [0.2, 0.25) is 0 Å². The minimum Gasteiger partial charge on any atom is -0.465 e. The average molecular weight is 477 g/mol. The van der Waals surface area contributed by atoms with Gasteiger partial charge in [-0.3, -0.25) is 14.4 Å². The molecular weight excluding hydrogens is 432 g/mol. The number of carbonyl (C=O) groups is 3. The van der Waals surface area contributed by atoms with Crippen molar-refractivity contribution >= 4 is 17.9 Å². The summed E-state index contributed by atoms with van der Waals surface area (Å²) >= 11 is 0. The van der Waals surface area contributed by atoms with Crippen LogP contribution in [-0.2, 0) is 28.6 Å². The summed E-state index contributed by atoms with van der Waals surface area (Å²) in [6.45, 7) is 2.03. The van der Waals surface area contributed by atoms with Gasteiger partial charge < -0.3 is 29.5 Å². The fourth-order valence-corrected chi connectivity index (χ4v) is 3.02. The topological polar surface area (TPSA) is 140 Å². The zero-order valence-electron chi connectivity index (χ0n) is 20.2. The van der Waals surface area contributed by atoms with Crippen LogP contribution in [0, 0.1) is 5.41 Å². The minimum absolute atomic E-state index is 0.0298. The van der Waals surface area contributed by atoms with Crippen molar-refractivity contribution in [3.05, 3.63) is 0 Å². The fraction of sp³-hybridized carbons (Fsp3) is 0.875. The molecule has 0 unspecified atom stereocenters. The number of unbranched alkanes of at least 4 members (excludes halogenated alkanes) is 6. The molecule has 0 aromatic carbocycles. The first-order valence-corrected chi connectivity index (χ1v) is 12.2. The molecule has 0 aromatic heterocycles. The van der Waals surface area contributed by atoms with Crippen LogP contribution in [0.3, 0.4) is 0 Å². The van der Waals surface area contributed by atoms with Crippen LogP contribution in [0.2, 0.25) is 0 Å². The van der Waals surface area contributed by atoms with Crippen LogP contribution in [0.25, 0.3) is 0 Å². The molecule has 3 N–H and O–H groups in total. The highest BCUT2D eigenvalue weighted by molar-refractivity contribution is 5.70. The van der Waals surface area contributed by atoms with Crippen molar-refractivity contribution < 1.29 is 43.9 Å². The summed E-state index contributed by atoms with van der Waals surface area (Å²) in [5, 5.41) is 26.5. The van der Waals surface area contributed by atoms with Gasteiger partial charge in [-0.25, -0.2) is 0 Å². The molecule has 0 aliphatic rings. The van der Waals surface area contributed by atoms with Gasteiger partial charge in [-0.2, -0.15) is 0 Å². The monoisotopic (exact) mass is 476 g/mol. The molecule has 0 radical (unpaired) electrons. The molecular formula is C24H44O9. The van der Waals surface area contributed by atoms with Crippen LogP contribution in [-0.4, -0.2) is 72.9 Å². The number of carbonyl (C=O) groups excluding carboxylic acids is 3. The number of ether oxygens (including phenoxy) is 3. The van der Waals surface area contributed by atoms with E-state index in [1.165, 1.54) is 0 Å². The molecule has 9 nitrogen and oxygen atoms in total. The summed E-state index contributed by atoms with van der Waals surface area (Å²) < 4.78 is 16.3. The third kappa shape index (κ3) is 17.4. The zero-order chi connectivity index (χ0) is 24.8. The number of aliphatic hydroxyl groups is 3. The van der Waals surface area contributed by atoms with Gasteiger partial charge in [0.05, 0.1) is 5.41 Å². The Kier molecular flexibility index (Phi) is 19.8. The SMILES string of the molecule is CCC(COC(=O)CCCCCO)(COC(=O)CCCCCO)COC(=O)CCCCCO. The van der Waals surface area contributed by atoms with Crippen LogP contribution >= 0.6 is 0 Å². The second-order valence-corrected chi connectivity index (χ2v) is 8.44. The average Bonchev–Trinajstić information content (AvgIpc) is 2.82. The Bertz CT molecular complexity index is 453. The zero-order valence-corrected chi connectivity index (χ0v) is 20.2. The minimum atomic E-state index is -0.831. The maximum atomic E-state index is 12.1. The number of rotatable bonds is 22. The summed E-state index contributed by atoms with van der Waals surface area (Å²) in [5.74, 6) is -1.13. The van der Waals surface area contributed by atoms with E-state index in [0.717, 1.165) is 19.3 Å². The molecule has 0 rings (SSSR count). The Morgan fingerprint density at radius 3 is 1.09 bits per heavy atom. The molecule has 0 aromatic rings. The number of hydrogen-bond donors (Lipinski definition) is 3. The third-order valence-corrected chi connectivity index (χ3v) is 5.49. The van der Waals surface area contributed by atoms with Crippen molar-refractivity contribution in [1.82, 2.24) is 0 Å². The van der Waals surface area contributed by atoms with E-state index in [1.54, 1.807) is 0 Å². The lowest BCUT2D eigenvalue weighted by atomic mass is 9.88. The van der Waals surface area contributed by atoms with E-state index in [-0.39, 0.29) is 76.8 Å². The number of esters is 3. The van der Waals surface area contributed by atoms with Gasteiger partial charge in [0.25, 0.3) is 0 Å². The quantitative estimate of drug-likeness (QED) is 0.122. The van der Waals surface area contributed by atoms with Gasteiger partial charge in [0, 0.05) is 39.1 Å². The van der Waals surface area contributed by atoms with Crippen LogP contribution in [0.5, 0.6) is 0 Å². The van der Waals surface area contributed by atoms with Gasteiger partial charge >= 0.3 is 17.9 Å². The van der Waals surface area contributed by atoms with Gasteiger partial charge in [-0.1, -0.05) is 26.2 Å². The van der Waals surface area contributed by atoms with Crippen LogP contribution in [0.1, 0.15) is 90.4 Å². The summed E-state index contributed by atoms with van der Waals surface area (Å²) in [7, 11) is 0. The van der Waals surface area contributed by atoms with E-state index in [0.29, 0.717) is 44.9 Å². The van der Waals surface area contributed by atoms with Crippen molar-refractivity contribution in [3.63, 3.8) is 0 Å². The molecule has 0 aliphatic carbocycles. The fourth-order valence-electron chi connectivity index (χ4n) is 3.02. The summed E-state index contributed by atoms with van der Waals surface area (Å²) in [6.07, 6.45) is 7.10. The lowest BCUT2D eigenvalue weighted by Crippen LogP contribution is -2.39. The molecule has 0 amide bonds. The van der Waals surface area contributed by atoms with Crippen molar-refractivity contribution in [1.29, 1.82) is 0 Å². The largest absolute Gasteiger partial charge is 0.465 e. The molecule has 0 atom stereocenters. The van der Waals surface area contributed by atoms with Crippen LogP contribution < -0.4 is 0 Å². The number of aliphatic hydroxyl groups excluding tert-OH is 3. The Labute approximate surface area is 197 Å². The highest BCUT2D eigenvalue weighted by atomic mass is 16.6. The lowest BCUT2D eigenvalue weighted by molar-refractivity contribution is -0.162. The van der Waals surface area contributed by atoms with Gasteiger partial charge in [-0.05, 0) is 44.9 Å². The summed E-state index contributed by atoms with van der Waals surface area (Å²) in [4.78, 5) is 36.3. The normalized spacial score (nSPS) is 11.3. The Hall–Kier alpha value is -1.71. The molecule has 0 heterocycles. The molecule has 0 saturated heterocycles. The molecule has 0 saturated carbocycles. The van der Waals surface area contributed by atoms with Gasteiger partial charge in [0.1, 0.15) is 19.8 Å². The van der Waals surface area contributed by atoms with E-state index in [1.807, 2.05) is 6.92 Å². The summed E-state index contributed by atoms with van der Waals surface area (Å²) in [5.41, 5.74) is -0.831. The Morgan fingerprint density at radius 2 is 0.848 bits per heavy atom. The molecule has 0 bridgehead atoms. The third-order valence-electron chi connectivity index (χ3n) is 5.49. The Morgan fingerprint density at radius 1 is 0.545 bits per heavy atom. The predicted octanol–water partition coefficient (Wildman–Crippen LogP) is 2.67. The van der Waals surface area contributed by atoms with E-state index in [4.69, 9.17) is 29.5 Å². The molecule has 0 spiro atoms. The van der Waals surface area contributed by atoms with E-state index >= 15 is 0 Å². The highest BCUT2D eigenvalue weighted by Gasteiger charge is 2.34.